The van der Waals surface area contributed by atoms with Crippen LogP contribution in [0.5, 0.6) is 0 Å². The molecule has 0 unspecified atom stereocenters. The third kappa shape index (κ3) is 4.67. The first-order chi connectivity index (χ1) is 12.7. The zero-order valence-corrected chi connectivity index (χ0v) is 14.3. The molecule has 6 heteroatoms. The molecule has 1 aliphatic heterocycles. The first-order valence-corrected chi connectivity index (χ1v) is 8.62. The van der Waals surface area contributed by atoms with Gasteiger partial charge in [-0.1, -0.05) is 60.7 Å². The van der Waals surface area contributed by atoms with Gasteiger partial charge in [0.1, 0.15) is 24.4 Å². The Morgan fingerprint density at radius 3 is 1.77 bits per heavy atom. The van der Waals surface area contributed by atoms with Crippen LogP contribution in [-0.4, -0.2) is 52.6 Å². The average molecular weight is 360 g/mol. The molecule has 1 aliphatic rings. The van der Waals surface area contributed by atoms with Crippen molar-refractivity contribution in [2.45, 2.75) is 43.9 Å². The minimum absolute atomic E-state index is 0.244. The lowest BCUT2D eigenvalue weighted by Crippen LogP contribution is -2.60. The Labute approximate surface area is 152 Å². The summed E-state index contributed by atoms with van der Waals surface area (Å²) in [6.07, 6.45) is -5.06. The maximum absolute atomic E-state index is 10.5. The highest BCUT2D eigenvalue weighted by Gasteiger charge is 2.46. The highest BCUT2D eigenvalue weighted by atomic mass is 16.7. The quantitative estimate of drug-likeness (QED) is 0.688. The van der Waals surface area contributed by atoms with Gasteiger partial charge in [-0.05, 0) is 11.1 Å². The van der Waals surface area contributed by atoms with Gasteiger partial charge in [-0.3, -0.25) is 0 Å². The summed E-state index contributed by atoms with van der Waals surface area (Å²) in [6, 6.07) is 19.0. The Balaban J connectivity index is 1.69. The van der Waals surface area contributed by atoms with Crippen LogP contribution in [0.1, 0.15) is 11.1 Å². The first-order valence-electron chi connectivity index (χ1n) is 8.62. The van der Waals surface area contributed by atoms with Gasteiger partial charge in [0.2, 0.25) is 0 Å². The predicted molar refractivity (Wildman–Crippen MR) is 94.0 cm³/mol. The van der Waals surface area contributed by atoms with Gasteiger partial charge in [-0.25, -0.2) is 0 Å². The number of hydrogen-bond acceptors (Lipinski definition) is 6. The fourth-order valence-corrected chi connectivity index (χ4v) is 2.96. The van der Waals surface area contributed by atoms with Crippen molar-refractivity contribution in [2.75, 3.05) is 6.61 Å². The van der Waals surface area contributed by atoms with Crippen molar-refractivity contribution in [3.8, 4) is 0 Å². The van der Waals surface area contributed by atoms with Crippen molar-refractivity contribution in [2.24, 2.45) is 0 Å². The second-order valence-electron chi connectivity index (χ2n) is 6.26. The van der Waals surface area contributed by atoms with Gasteiger partial charge in [0, 0.05) is 0 Å². The predicted octanol–water partition coefficient (Wildman–Crippen LogP) is 1.23. The maximum Gasteiger partial charge on any atom is 0.184 e. The van der Waals surface area contributed by atoms with E-state index in [1.807, 2.05) is 60.7 Å². The monoisotopic (exact) mass is 360 g/mol. The molecule has 5 atom stereocenters. The Morgan fingerprint density at radius 2 is 1.27 bits per heavy atom. The zero-order valence-electron chi connectivity index (χ0n) is 14.3. The molecule has 0 radical (unpaired) electrons. The van der Waals surface area contributed by atoms with Crippen LogP contribution in [-0.2, 0) is 27.4 Å². The average Bonchev–Trinajstić information content (AvgIpc) is 2.69. The van der Waals surface area contributed by atoms with E-state index in [-0.39, 0.29) is 13.2 Å². The van der Waals surface area contributed by atoms with Crippen LogP contribution in [0.4, 0.5) is 0 Å². The lowest BCUT2D eigenvalue weighted by Gasteiger charge is -2.42. The number of hydrogen-bond donors (Lipinski definition) is 3. The summed E-state index contributed by atoms with van der Waals surface area (Å²) in [5, 5.41) is 30.2. The Kier molecular flexibility index (Phi) is 6.73. The van der Waals surface area contributed by atoms with Crippen LogP contribution in [0, 0.1) is 0 Å². The number of rotatable bonds is 7. The second-order valence-corrected chi connectivity index (χ2v) is 6.26. The Bertz CT molecular complexity index is 650. The zero-order chi connectivity index (χ0) is 18.4. The summed E-state index contributed by atoms with van der Waals surface area (Å²) in [7, 11) is 0. The van der Waals surface area contributed by atoms with Gasteiger partial charge in [-0.15, -0.1) is 0 Å². The van der Waals surface area contributed by atoms with Crippen molar-refractivity contribution in [3.63, 3.8) is 0 Å². The van der Waals surface area contributed by atoms with E-state index in [9.17, 15) is 15.3 Å². The summed E-state index contributed by atoms with van der Waals surface area (Å²) in [5.74, 6) is 0. The molecule has 1 fully saturated rings. The molecule has 0 bridgehead atoms. The summed E-state index contributed by atoms with van der Waals surface area (Å²) < 4.78 is 16.9. The van der Waals surface area contributed by atoms with E-state index in [0.717, 1.165) is 11.1 Å². The third-order valence-corrected chi connectivity index (χ3v) is 4.39. The molecule has 1 heterocycles. The molecule has 0 amide bonds. The van der Waals surface area contributed by atoms with E-state index < -0.39 is 37.3 Å². The van der Waals surface area contributed by atoms with Gasteiger partial charge in [0.25, 0.3) is 0 Å². The van der Waals surface area contributed by atoms with Crippen LogP contribution in [0.2, 0.25) is 0 Å². The van der Waals surface area contributed by atoms with E-state index in [0.29, 0.717) is 0 Å². The SMILES string of the molecule is OC[C@@H]1O[C@H](O)[C@H](OCc2ccccc2)[C@@H](OCc2ccccc2)[C@@H]1O. The molecule has 0 spiro atoms. The lowest BCUT2D eigenvalue weighted by atomic mass is 9.98. The fourth-order valence-electron chi connectivity index (χ4n) is 2.96. The molecule has 0 aliphatic carbocycles. The molecule has 26 heavy (non-hydrogen) atoms. The molecular weight excluding hydrogens is 336 g/mol. The van der Waals surface area contributed by atoms with Crippen molar-refractivity contribution in [1.82, 2.24) is 0 Å². The first kappa shape index (κ1) is 19.0. The topological polar surface area (TPSA) is 88.4 Å². The van der Waals surface area contributed by atoms with E-state index >= 15 is 0 Å². The highest BCUT2D eigenvalue weighted by molar-refractivity contribution is 5.14. The van der Waals surface area contributed by atoms with Gasteiger partial charge < -0.3 is 29.5 Å². The Hall–Kier alpha value is -1.80. The van der Waals surface area contributed by atoms with Gasteiger partial charge in [0.05, 0.1) is 19.8 Å². The molecule has 3 N–H and O–H groups in total. The number of aliphatic hydroxyl groups excluding tert-OH is 3. The number of aliphatic hydroxyl groups is 3. The summed E-state index contributed by atoms with van der Waals surface area (Å²) >= 11 is 0. The van der Waals surface area contributed by atoms with Crippen molar-refractivity contribution >= 4 is 0 Å². The molecule has 2 aromatic rings. The van der Waals surface area contributed by atoms with E-state index in [2.05, 4.69) is 0 Å². The molecule has 2 aromatic carbocycles. The molecule has 3 rings (SSSR count). The molecule has 0 aromatic heterocycles. The van der Waals surface area contributed by atoms with Crippen LogP contribution in [0.25, 0.3) is 0 Å². The summed E-state index contributed by atoms with van der Waals surface area (Å²) in [6.45, 7) is 0.0705. The molecule has 140 valence electrons. The fraction of sp³-hybridized carbons (Fsp3) is 0.400. The third-order valence-electron chi connectivity index (χ3n) is 4.39. The molecule has 1 saturated heterocycles. The van der Waals surface area contributed by atoms with Crippen LogP contribution >= 0.6 is 0 Å². The normalized spacial score (nSPS) is 28.8. The minimum atomic E-state index is -1.31. The van der Waals surface area contributed by atoms with Gasteiger partial charge >= 0.3 is 0 Å². The van der Waals surface area contributed by atoms with Crippen LogP contribution in [0.15, 0.2) is 60.7 Å². The van der Waals surface area contributed by atoms with E-state index in [1.165, 1.54) is 0 Å². The molecule has 6 nitrogen and oxygen atoms in total. The molecular formula is C20H24O6. The van der Waals surface area contributed by atoms with Crippen molar-refractivity contribution < 1.29 is 29.5 Å². The second kappa shape index (κ2) is 9.23. The van der Waals surface area contributed by atoms with E-state index in [1.54, 1.807) is 0 Å². The Morgan fingerprint density at radius 1 is 0.769 bits per heavy atom. The van der Waals surface area contributed by atoms with Gasteiger partial charge in [0.15, 0.2) is 6.29 Å². The van der Waals surface area contributed by atoms with Gasteiger partial charge in [-0.2, -0.15) is 0 Å². The standard InChI is InChI=1S/C20H24O6/c21-11-16-17(22)18(24-12-14-7-3-1-4-8-14)19(20(23)26-16)25-13-15-9-5-2-6-10-15/h1-10,16-23H,11-13H2/t16-,17+,18-,19+,20-/m0/s1. The lowest BCUT2D eigenvalue weighted by molar-refractivity contribution is -0.307. The van der Waals surface area contributed by atoms with Crippen LogP contribution < -0.4 is 0 Å². The highest BCUT2D eigenvalue weighted by Crippen LogP contribution is 2.26. The summed E-state index contributed by atoms with van der Waals surface area (Å²) in [5.41, 5.74) is 1.86. The summed E-state index contributed by atoms with van der Waals surface area (Å²) in [4.78, 5) is 0. The van der Waals surface area contributed by atoms with Crippen molar-refractivity contribution in [1.29, 1.82) is 0 Å². The van der Waals surface area contributed by atoms with Crippen LogP contribution in [0.3, 0.4) is 0 Å². The largest absolute Gasteiger partial charge is 0.394 e. The van der Waals surface area contributed by atoms with Crippen molar-refractivity contribution in [3.05, 3.63) is 71.8 Å². The minimum Gasteiger partial charge on any atom is -0.394 e. The number of ether oxygens (including phenoxy) is 3. The maximum atomic E-state index is 10.5. The molecule has 0 saturated carbocycles. The number of benzene rings is 2. The smallest absolute Gasteiger partial charge is 0.184 e. The van der Waals surface area contributed by atoms with E-state index in [4.69, 9.17) is 14.2 Å².